The number of nitrogens with one attached hydrogen (secondary N) is 2. The maximum Gasteiger partial charge on any atom is 0.286 e. The molecule has 1 unspecified atom stereocenters. The molecule has 4 rings (SSSR count). The van der Waals surface area contributed by atoms with Crippen molar-refractivity contribution in [2.75, 3.05) is 15.3 Å². The molecule has 192 valence electrons. The number of hydrogen-bond donors (Lipinski definition) is 2. The summed E-state index contributed by atoms with van der Waals surface area (Å²) in [6, 6.07) is 10.7. The molecule has 2 N–H and O–H groups in total. The number of benzene rings is 2. The average molecular weight is 552 g/mol. The predicted octanol–water partition coefficient (Wildman–Crippen LogP) is 3.91. The summed E-state index contributed by atoms with van der Waals surface area (Å²) in [4.78, 5) is 27.1. The van der Waals surface area contributed by atoms with Crippen molar-refractivity contribution in [1.82, 2.24) is 0 Å². The van der Waals surface area contributed by atoms with Crippen molar-refractivity contribution in [3.63, 3.8) is 0 Å². The van der Waals surface area contributed by atoms with Crippen LogP contribution in [-0.2, 0) is 30.3 Å². The molecule has 2 aromatic rings. The highest BCUT2D eigenvalue weighted by molar-refractivity contribution is 7.93. The third kappa shape index (κ3) is 4.67. The average Bonchev–Trinajstić information content (AvgIpc) is 2.81. The smallest absolute Gasteiger partial charge is 0.286 e. The number of nitrogens with zero attached hydrogens (tertiary/aromatic N) is 1. The second kappa shape index (κ2) is 9.28. The van der Waals surface area contributed by atoms with E-state index in [9.17, 15) is 26.4 Å². The molecule has 0 bridgehead atoms. The molecule has 36 heavy (non-hydrogen) atoms. The number of sulfonamides is 2. The molecular formula is C24H26ClN3O6S2. The first kappa shape index (κ1) is 26.3. The van der Waals surface area contributed by atoms with E-state index in [1.165, 1.54) is 12.1 Å². The molecular weight excluding hydrogens is 526 g/mol. The largest absolute Gasteiger partial charge is 0.341 e. The van der Waals surface area contributed by atoms with Gasteiger partial charge in [0.15, 0.2) is 11.6 Å². The molecule has 0 radical (unpaired) electrons. The first-order valence-electron chi connectivity index (χ1n) is 11.3. The molecule has 0 spiro atoms. The summed E-state index contributed by atoms with van der Waals surface area (Å²) in [6.45, 7) is 5.88. The highest BCUT2D eigenvalue weighted by Gasteiger charge is 2.51. The van der Waals surface area contributed by atoms with E-state index in [0.717, 1.165) is 12.5 Å². The van der Waals surface area contributed by atoms with Crippen LogP contribution in [0, 0.1) is 11.8 Å². The van der Waals surface area contributed by atoms with Crippen LogP contribution in [0.2, 0.25) is 0 Å². The predicted molar refractivity (Wildman–Crippen MR) is 139 cm³/mol. The molecule has 2 atom stereocenters. The maximum absolute atomic E-state index is 13.9. The second-order valence-corrected chi connectivity index (χ2v) is 13.5. The van der Waals surface area contributed by atoms with Gasteiger partial charge in [0, 0.05) is 5.56 Å². The van der Waals surface area contributed by atoms with Crippen LogP contribution in [0.3, 0.4) is 0 Å². The number of carbonyl (C=O) groups excluding carboxylic acids is 2. The monoisotopic (exact) mass is 551 g/mol. The quantitative estimate of drug-likeness (QED) is 0.393. The van der Waals surface area contributed by atoms with Gasteiger partial charge in [0.25, 0.3) is 10.0 Å². The fraction of sp³-hybridized carbons (Fsp3) is 0.375. The van der Waals surface area contributed by atoms with Crippen molar-refractivity contribution >= 4 is 60.4 Å². The number of Topliss-reactive ketones (excluding diaryl/α,β-unsaturated/α-hetero) is 2. The van der Waals surface area contributed by atoms with E-state index in [-0.39, 0.29) is 22.1 Å². The van der Waals surface area contributed by atoms with E-state index in [1.807, 2.05) is 13.8 Å². The zero-order valence-electron chi connectivity index (χ0n) is 19.9. The second-order valence-electron chi connectivity index (χ2n) is 9.59. The fourth-order valence-electron chi connectivity index (χ4n) is 4.56. The van der Waals surface area contributed by atoms with Gasteiger partial charge in [-0.05, 0) is 49.4 Å². The Labute approximate surface area is 215 Å². The molecule has 0 saturated carbocycles. The molecule has 2 aliphatic rings. The number of fused-ring (bicyclic) bond motifs is 2. The highest BCUT2D eigenvalue weighted by Crippen LogP contribution is 2.43. The summed E-state index contributed by atoms with van der Waals surface area (Å²) in [5.74, 6) is -2.30. The van der Waals surface area contributed by atoms with Crippen LogP contribution >= 0.6 is 11.6 Å². The number of halogens is 1. The van der Waals surface area contributed by atoms with Gasteiger partial charge in [0.1, 0.15) is 21.9 Å². The standard InChI is InChI=1S/C24H26ClN3O6S2/c1-14(2)10-11-24(3)17-7-5-4-6-16(17)21(29)20(22(24)30)23-26-18-9-8-15(27-35(31,32)13-25)12-19(18)36(33,34)28-23/h4-9,12,14,20,27H,10-11,13H2,1-3H3,(H,26,28)/t20?,24-/m1/s1. The van der Waals surface area contributed by atoms with Crippen LogP contribution < -0.4 is 10.0 Å². The first-order chi connectivity index (χ1) is 16.8. The molecule has 0 fully saturated rings. The Bertz CT molecular complexity index is 1500. The summed E-state index contributed by atoms with van der Waals surface area (Å²) in [5.41, 5.74) is 0.0625. The van der Waals surface area contributed by atoms with Crippen molar-refractivity contribution in [3.05, 3.63) is 53.6 Å². The van der Waals surface area contributed by atoms with Gasteiger partial charge < -0.3 is 5.32 Å². The Hall–Kier alpha value is -2.76. The number of alkyl halides is 1. The van der Waals surface area contributed by atoms with Crippen LogP contribution in [-0.4, -0.2) is 39.4 Å². The van der Waals surface area contributed by atoms with Gasteiger partial charge in [-0.2, -0.15) is 8.42 Å². The minimum atomic E-state index is -4.36. The van der Waals surface area contributed by atoms with Gasteiger partial charge in [0.05, 0.1) is 16.8 Å². The first-order valence-corrected chi connectivity index (χ1v) is 14.9. The lowest BCUT2D eigenvalue weighted by Crippen LogP contribution is -2.51. The summed E-state index contributed by atoms with van der Waals surface area (Å²) in [6.07, 6.45) is 1.23. The molecule has 9 nitrogen and oxygen atoms in total. The Morgan fingerprint density at radius 1 is 1.17 bits per heavy atom. The molecule has 12 heteroatoms. The van der Waals surface area contributed by atoms with Crippen molar-refractivity contribution < 1.29 is 26.4 Å². The lowest BCUT2D eigenvalue weighted by molar-refractivity contribution is -0.125. The van der Waals surface area contributed by atoms with Crippen molar-refractivity contribution in [3.8, 4) is 0 Å². The molecule has 1 aliphatic carbocycles. The molecule has 0 aromatic heterocycles. The van der Waals surface area contributed by atoms with Gasteiger partial charge in [-0.25, -0.2) is 8.42 Å². The molecule has 1 aliphatic heterocycles. The summed E-state index contributed by atoms with van der Waals surface area (Å²) >= 11 is 5.41. The number of ketones is 2. The number of hydrogen-bond acceptors (Lipinski definition) is 7. The van der Waals surface area contributed by atoms with Gasteiger partial charge in [0.2, 0.25) is 10.0 Å². The van der Waals surface area contributed by atoms with E-state index < -0.39 is 48.2 Å². The van der Waals surface area contributed by atoms with Crippen LogP contribution in [0.5, 0.6) is 0 Å². The minimum absolute atomic E-state index is 0.0153. The molecule has 2 aromatic carbocycles. The fourth-order valence-corrected chi connectivity index (χ4v) is 6.45. The zero-order valence-corrected chi connectivity index (χ0v) is 22.3. The third-order valence-corrected chi connectivity index (χ3v) is 9.53. The number of carbonyl (C=O) groups is 2. The van der Waals surface area contributed by atoms with Crippen LogP contribution in [0.1, 0.15) is 49.5 Å². The summed E-state index contributed by atoms with van der Waals surface area (Å²) in [5, 5.41) is 2.14. The summed E-state index contributed by atoms with van der Waals surface area (Å²) < 4.78 is 55.7. The summed E-state index contributed by atoms with van der Waals surface area (Å²) in [7, 11) is -8.22. The number of amidine groups is 1. The van der Waals surface area contributed by atoms with Gasteiger partial charge in [-0.3, -0.25) is 14.3 Å². The molecule has 0 amide bonds. The van der Waals surface area contributed by atoms with Crippen molar-refractivity contribution in [2.24, 2.45) is 16.2 Å². The van der Waals surface area contributed by atoms with Crippen molar-refractivity contribution in [2.45, 2.75) is 43.9 Å². The third-order valence-electron chi connectivity index (χ3n) is 6.51. The number of anilines is 2. The van der Waals surface area contributed by atoms with E-state index in [1.54, 1.807) is 31.2 Å². The van der Waals surface area contributed by atoms with Crippen LogP contribution in [0.15, 0.2) is 51.8 Å². The maximum atomic E-state index is 13.9. The zero-order chi connectivity index (χ0) is 26.5. The van der Waals surface area contributed by atoms with Crippen LogP contribution in [0.4, 0.5) is 11.4 Å². The van der Waals surface area contributed by atoms with E-state index in [2.05, 4.69) is 14.4 Å². The Morgan fingerprint density at radius 2 is 1.86 bits per heavy atom. The Kier molecular flexibility index (Phi) is 6.78. The van der Waals surface area contributed by atoms with Crippen LogP contribution in [0.25, 0.3) is 0 Å². The normalized spacial score (nSPS) is 22.9. The topological polar surface area (TPSA) is 139 Å². The molecule has 1 heterocycles. The Balaban J connectivity index is 1.78. The minimum Gasteiger partial charge on any atom is -0.341 e. The number of rotatable bonds is 7. The van der Waals surface area contributed by atoms with Crippen molar-refractivity contribution in [1.29, 1.82) is 0 Å². The lowest BCUT2D eigenvalue weighted by Gasteiger charge is -2.39. The SMILES string of the molecule is CC(C)CC[C@@]1(C)C(=O)C(C2=NS(=O)(=O)c3cc(NS(=O)(=O)CCl)ccc3N2)C(=O)c2ccccc21. The lowest BCUT2D eigenvalue weighted by atomic mass is 9.63. The van der Waals surface area contributed by atoms with Gasteiger partial charge in [-0.1, -0.05) is 38.1 Å². The Morgan fingerprint density at radius 3 is 2.53 bits per heavy atom. The highest BCUT2D eigenvalue weighted by atomic mass is 35.5. The van der Waals surface area contributed by atoms with E-state index in [4.69, 9.17) is 11.6 Å². The van der Waals surface area contributed by atoms with Gasteiger partial charge in [-0.15, -0.1) is 16.0 Å². The van der Waals surface area contributed by atoms with E-state index >= 15 is 0 Å². The molecule has 0 saturated heterocycles. The van der Waals surface area contributed by atoms with E-state index in [0.29, 0.717) is 23.5 Å². The van der Waals surface area contributed by atoms with Gasteiger partial charge >= 0.3 is 0 Å².